The van der Waals surface area contributed by atoms with Gasteiger partial charge in [0.05, 0.1) is 6.20 Å². The van der Waals surface area contributed by atoms with Crippen molar-refractivity contribution >= 4 is 5.90 Å². The molecule has 0 spiro atoms. The highest BCUT2D eigenvalue weighted by molar-refractivity contribution is 5.93. The first-order valence-corrected chi connectivity index (χ1v) is 3.21. The number of hydrazine groups is 1. The predicted molar refractivity (Wildman–Crippen MR) is 40.0 cm³/mol. The van der Waals surface area contributed by atoms with Gasteiger partial charge in [0.25, 0.3) is 0 Å². The van der Waals surface area contributed by atoms with Crippen LogP contribution in [0.25, 0.3) is 0 Å². The zero-order valence-electron chi connectivity index (χ0n) is 5.81. The van der Waals surface area contributed by atoms with E-state index >= 15 is 0 Å². The van der Waals surface area contributed by atoms with Crippen molar-refractivity contribution in [3.05, 3.63) is 24.3 Å². The van der Waals surface area contributed by atoms with Crippen LogP contribution in [0, 0.1) is 0 Å². The Morgan fingerprint density at radius 2 is 2.36 bits per heavy atom. The molecule has 0 bridgehead atoms. The van der Waals surface area contributed by atoms with Gasteiger partial charge in [-0.1, -0.05) is 0 Å². The summed E-state index contributed by atoms with van der Waals surface area (Å²) in [7, 11) is 0. The quantitative estimate of drug-likeness (QED) is 0.468. The van der Waals surface area contributed by atoms with Crippen molar-refractivity contribution in [1.29, 1.82) is 0 Å². The lowest BCUT2D eigenvalue weighted by atomic mass is 10.4. The molecular formula is C6H8N4O. The topological polar surface area (TPSA) is 65.1 Å². The van der Waals surface area contributed by atoms with Crippen molar-refractivity contribution in [3.63, 3.8) is 0 Å². The SMILES string of the molecule is NN1C=CN2CN=C(O)C2=C1. The first kappa shape index (κ1) is 6.23. The number of hydrogen-bond donors (Lipinski definition) is 2. The Morgan fingerprint density at radius 3 is 3.18 bits per heavy atom. The molecular weight excluding hydrogens is 144 g/mol. The van der Waals surface area contributed by atoms with Gasteiger partial charge < -0.3 is 10.0 Å². The lowest BCUT2D eigenvalue weighted by molar-refractivity contribution is 0.432. The van der Waals surface area contributed by atoms with E-state index in [9.17, 15) is 0 Å². The standard InChI is InChI=1S/C6H8N4O/c7-10-2-1-9-4-8-6(11)5(9)3-10/h1-3H,4,7H2,(H,8,11). The minimum absolute atomic E-state index is 0.0461. The molecule has 2 heterocycles. The summed E-state index contributed by atoms with van der Waals surface area (Å²) in [6, 6.07) is 0. The van der Waals surface area contributed by atoms with Crippen molar-refractivity contribution in [2.45, 2.75) is 0 Å². The maximum Gasteiger partial charge on any atom is 0.234 e. The summed E-state index contributed by atoms with van der Waals surface area (Å²) in [5.41, 5.74) is 0.648. The minimum Gasteiger partial charge on any atom is -0.492 e. The van der Waals surface area contributed by atoms with Crippen molar-refractivity contribution in [3.8, 4) is 0 Å². The van der Waals surface area contributed by atoms with Crippen molar-refractivity contribution in [2.75, 3.05) is 6.67 Å². The van der Waals surface area contributed by atoms with Crippen LogP contribution in [0.4, 0.5) is 0 Å². The first-order chi connectivity index (χ1) is 5.27. The van der Waals surface area contributed by atoms with Crippen LogP contribution in [-0.4, -0.2) is 27.6 Å². The Hall–Kier alpha value is -1.49. The van der Waals surface area contributed by atoms with Crippen molar-refractivity contribution < 1.29 is 5.11 Å². The van der Waals surface area contributed by atoms with E-state index in [1.165, 1.54) is 5.01 Å². The summed E-state index contributed by atoms with van der Waals surface area (Å²) >= 11 is 0. The maximum atomic E-state index is 9.17. The molecule has 0 aromatic heterocycles. The molecule has 0 saturated heterocycles. The Bertz CT molecular complexity index is 268. The third-order valence-electron chi connectivity index (χ3n) is 1.60. The fourth-order valence-electron chi connectivity index (χ4n) is 1.03. The summed E-state index contributed by atoms with van der Waals surface area (Å²) in [6.07, 6.45) is 5.07. The molecule has 0 amide bonds. The number of rotatable bonds is 0. The highest BCUT2D eigenvalue weighted by atomic mass is 16.3. The average Bonchev–Trinajstić information content (AvgIpc) is 2.33. The molecule has 0 saturated carbocycles. The summed E-state index contributed by atoms with van der Waals surface area (Å²) in [5, 5.41) is 10.5. The van der Waals surface area contributed by atoms with Gasteiger partial charge in [-0.2, -0.15) is 0 Å². The van der Waals surface area contributed by atoms with Gasteiger partial charge in [-0.15, -0.1) is 0 Å². The molecule has 0 unspecified atom stereocenters. The molecule has 5 nitrogen and oxygen atoms in total. The van der Waals surface area contributed by atoms with Crippen molar-refractivity contribution in [2.24, 2.45) is 10.8 Å². The highest BCUT2D eigenvalue weighted by Gasteiger charge is 2.21. The molecule has 3 N–H and O–H groups in total. The molecule has 58 valence electrons. The highest BCUT2D eigenvalue weighted by Crippen LogP contribution is 2.17. The number of hydrogen-bond acceptors (Lipinski definition) is 4. The number of fused-ring (bicyclic) bond motifs is 1. The molecule has 0 aliphatic carbocycles. The number of nitrogens with two attached hydrogens (primary N) is 1. The third kappa shape index (κ3) is 0.857. The minimum atomic E-state index is 0.0461. The zero-order valence-corrected chi connectivity index (χ0v) is 5.81. The second-order valence-electron chi connectivity index (χ2n) is 2.35. The predicted octanol–water partition coefficient (Wildman–Crippen LogP) is -0.282. The van der Waals surface area contributed by atoms with E-state index in [-0.39, 0.29) is 5.90 Å². The molecule has 5 heteroatoms. The molecule has 0 atom stereocenters. The molecule has 2 rings (SSSR count). The number of aliphatic imine (C=N–C) groups is 1. The fourth-order valence-corrected chi connectivity index (χ4v) is 1.03. The smallest absolute Gasteiger partial charge is 0.234 e. The Labute approximate surface area is 63.7 Å². The van der Waals surface area contributed by atoms with Gasteiger partial charge in [0, 0.05) is 12.4 Å². The molecule has 0 aromatic carbocycles. The van der Waals surface area contributed by atoms with E-state index in [2.05, 4.69) is 4.99 Å². The van der Waals surface area contributed by atoms with Gasteiger partial charge in [0.15, 0.2) is 0 Å². The maximum absolute atomic E-state index is 9.17. The van der Waals surface area contributed by atoms with Crippen LogP contribution in [0.15, 0.2) is 29.3 Å². The fraction of sp³-hybridized carbons (Fsp3) is 0.167. The normalized spacial score (nSPS) is 21.5. The largest absolute Gasteiger partial charge is 0.492 e. The summed E-state index contributed by atoms with van der Waals surface area (Å²) < 4.78 is 0. The monoisotopic (exact) mass is 152 g/mol. The summed E-state index contributed by atoms with van der Waals surface area (Å²) in [6.45, 7) is 0.474. The molecule has 0 aromatic rings. The molecule has 2 aliphatic rings. The summed E-state index contributed by atoms with van der Waals surface area (Å²) in [5.74, 6) is 5.48. The van der Waals surface area contributed by atoms with Crippen LogP contribution in [0.3, 0.4) is 0 Å². The number of aliphatic hydroxyl groups excluding tert-OH is 1. The molecule has 2 aliphatic heterocycles. The molecule has 0 fully saturated rings. The lowest BCUT2D eigenvalue weighted by Crippen LogP contribution is -2.28. The van der Waals surface area contributed by atoms with E-state index in [1.807, 2.05) is 0 Å². The van der Waals surface area contributed by atoms with E-state index in [1.54, 1.807) is 23.5 Å². The van der Waals surface area contributed by atoms with Gasteiger partial charge in [-0.3, -0.25) is 5.01 Å². The van der Waals surface area contributed by atoms with Crippen LogP contribution in [0.5, 0.6) is 0 Å². The zero-order chi connectivity index (χ0) is 7.84. The van der Waals surface area contributed by atoms with E-state index < -0.39 is 0 Å². The summed E-state index contributed by atoms with van der Waals surface area (Å²) in [4.78, 5) is 5.62. The Balaban J connectivity index is 2.32. The van der Waals surface area contributed by atoms with Crippen LogP contribution in [-0.2, 0) is 0 Å². The van der Waals surface area contributed by atoms with Crippen LogP contribution in [0.2, 0.25) is 0 Å². The first-order valence-electron chi connectivity index (χ1n) is 3.21. The number of nitrogens with zero attached hydrogens (tertiary/aromatic N) is 3. The van der Waals surface area contributed by atoms with Crippen LogP contribution >= 0.6 is 0 Å². The Kier molecular flexibility index (Phi) is 1.13. The lowest BCUT2D eigenvalue weighted by Gasteiger charge is -2.21. The van der Waals surface area contributed by atoms with Crippen LogP contribution in [0.1, 0.15) is 0 Å². The second kappa shape index (κ2) is 2.00. The van der Waals surface area contributed by atoms with E-state index in [0.29, 0.717) is 12.4 Å². The molecule has 0 radical (unpaired) electrons. The van der Waals surface area contributed by atoms with E-state index in [0.717, 1.165) is 0 Å². The second-order valence-corrected chi connectivity index (χ2v) is 2.35. The molecule has 11 heavy (non-hydrogen) atoms. The number of aliphatic hydroxyl groups is 1. The van der Waals surface area contributed by atoms with E-state index in [4.69, 9.17) is 10.9 Å². The third-order valence-corrected chi connectivity index (χ3v) is 1.60. The van der Waals surface area contributed by atoms with Gasteiger partial charge in [-0.05, 0) is 0 Å². The van der Waals surface area contributed by atoms with Gasteiger partial charge in [0.2, 0.25) is 5.90 Å². The Morgan fingerprint density at radius 1 is 1.55 bits per heavy atom. The average molecular weight is 152 g/mol. The van der Waals surface area contributed by atoms with Gasteiger partial charge >= 0.3 is 0 Å². The van der Waals surface area contributed by atoms with Gasteiger partial charge in [0.1, 0.15) is 12.4 Å². The van der Waals surface area contributed by atoms with Crippen molar-refractivity contribution in [1.82, 2.24) is 9.91 Å². The van der Waals surface area contributed by atoms with Crippen LogP contribution < -0.4 is 5.84 Å². The van der Waals surface area contributed by atoms with Gasteiger partial charge in [-0.25, -0.2) is 10.8 Å².